The Hall–Kier alpha value is -3.93. The number of aromatic nitrogens is 2. The summed E-state index contributed by atoms with van der Waals surface area (Å²) < 4.78 is 6.64. The molecular weight excluding hydrogens is 390 g/mol. The lowest BCUT2D eigenvalue weighted by molar-refractivity contribution is -0.126. The highest BCUT2D eigenvalue weighted by atomic mass is 16.3. The van der Waals surface area contributed by atoms with Crippen LogP contribution in [0.4, 0.5) is 5.69 Å². The quantitative estimate of drug-likeness (QED) is 0.468. The molecule has 0 radical (unpaired) electrons. The molecule has 0 atom stereocenters. The third-order valence-electron chi connectivity index (χ3n) is 5.12. The van der Waals surface area contributed by atoms with Crippen molar-refractivity contribution in [2.45, 2.75) is 25.9 Å². The minimum atomic E-state index is -1.23. The van der Waals surface area contributed by atoms with Crippen molar-refractivity contribution in [2.24, 2.45) is 0 Å². The van der Waals surface area contributed by atoms with Crippen molar-refractivity contribution in [1.29, 1.82) is 0 Å². The lowest BCUT2D eigenvalue weighted by Crippen LogP contribution is -2.51. The number of anilines is 1. The van der Waals surface area contributed by atoms with E-state index in [0.717, 1.165) is 11.3 Å². The molecule has 0 aliphatic rings. The van der Waals surface area contributed by atoms with Crippen LogP contribution >= 0.6 is 0 Å². The number of nitrogens with zero attached hydrogens (tertiary/aromatic N) is 3. The predicted molar refractivity (Wildman–Crippen MR) is 120 cm³/mol. The zero-order valence-corrected chi connectivity index (χ0v) is 17.4. The summed E-state index contributed by atoms with van der Waals surface area (Å²) in [6.07, 6.45) is 1.54. The zero-order valence-electron chi connectivity index (χ0n) is 17.4. The molecule has 0 fully saturated rings. The second-order valence-electron chi connectivity index (χ2n) is 7.72. The molecule has 31 heavy (non-hydrogen) atoms. The lowest BCUT2D eigenvalue weighted by Gasteiger charge is -2.32. The molecular formula is C25H23N3O3. The van der Waals surface area contributed by atoms with E-state index in [2.05, 4.69) is 5.10 Å². The maximum Gasteiger partial charge on any atom is 0.267 e. The van der Waals surface area contributed by atoms with Crippen LogP contribution in [0, 0.1) is 0 Å². The van der Waals surface area contributed by atoms with Gasteiger partial charge in [0.15, 0.2) is 5.76 Å². The van der Waals surface area contributed by atoms with Crippen molar-refractivity contribution < 1.29 is 9.21 Å². The van der Waals surface area contributed by atoms with E-state index in [1.165, 1.54) is 10.7 Å². The van der Waals surface area contributed by atoms with Crippen LogP contribution in [0.3, 0.4) is 0 Å². The number of amides is 1. The van der Waals surface area contributed by atoms with Gasteiger partial charge in [-0.15, -0.1) is 0 Å². The second kappa shape index (κ2) is 8.44. The molecule has 2 heterocycles. The van der Waals surface area contributed by atoms with E-state index >= 15 is 0 Å². The van der Waals surface area contributed by atoms with Gasteiger partial charge < -0.3 is 9.32 Å². The monoisotopic (exact) mass is 413 g/mol. The Labute approximate surface area is 180 Å². The van der Waals surface area contributed by atoms with Gasteiger partial charge in [0.2, 0.25) is 0 Å². The van der Waals surface area contributed by atoms with Crippen molar-refractivity contribution >= 4 is 11.6 Å². The van der Waals surface area contributed by atoms with E-state index in [1.807, 2.05) is 60.7 Å². The highest BCUT2D eigenvalue weighted by Crippen LogP contribution is 2.25. The first-order chi connectivity index (χ1) is 15.0. The fourth-order valence-corrected chi connectivity index (χ4v) is 3.44. The Kier molecular flexibility index (Phi) is 5.54. The van der Waals surface area contributed by atoms with Crippen molar-refractivity contribution in [3.8, 4) is 11.5 Å². The van der Waals surface area contributed by atoms with Gasteiger partial charge in [0.05, 0.1) is 12.8 Å². The van der Waals surface area contributed by atoms with E-state index in [4.69, 9.17) is 4.42 Å². The molecule has 0 saturated carbocycles. The average molecular weight is 413 g/mol. The van der Waals surface area contributed by atoms with E-state index in [0.29, 0.717) is 18.0 Å². The summed E-state index contributed by atoms with van der Waals surface area (Å²) in [5, 5.41) is 4.45. The minimum absolute atomic E-state index is 0.242. The van der Waals surface area contributed by atoms with Crippen molar-refractivity contribution in [2.75, 3.05) is 4.90 Å². The smallest absolute Gasteiger partial charge is 0.267 e. The van der Waals surface area contributed by atoms with Crippen LogP contribution in [0.25, 0.3) is 11.5 Å². The Morgan fingerprint density at radius 1 is 0.935 bits per heavy atom. The molecule has 1 amide bonds. The Balaban J connectivity index is 1.75. The highest BCUT2D eigenvalue weighted by molar-refractivity contribution is 5.98. The van der Waals surface area contributed by atoms with Crippen LogP contribution < -0.4 is 10.5 Å². The Morgan fingerprint density at radius 3 is 2.26 bits per heavy atom. The summed E-state index contributed by atoms with van der Waals surface area (Å²) in [5.41, 5.74) is 0.630. The molecule has 2 aromatic heterocycles. The molecule has 0 bridgehead atoms. The first-order valence-electron chi connectivity index (χ1n) is 10.0. The number of benzene rings is 2. The number of para-hydroxylation sites is 1. The molecule has 156 valence electrons. The number of furan rings is 1. The van der Waals surface area contributed by atoms with Crippen molar-refractivity contribution in [3.63, 3.8) is 0 Å². The van der Waals surface area contributed by atoms with E-state index in [-0.39, 0.29) is 11.5 Å². The van der Waals surface area contributed by atoms with Gasteiger partial charge in [0, 0.05) is 11.8 Å². The van der Waals surface area contributed by atoms with E-state index in [9.17, 15) is 9.59 Å². The lowest BCUT2D eigenvalue weighted by atomic mass is 10.0. The molecule has 0 N–H and O–H groups in total. The predicted octanol–water partition coefficient (Wildman–Crippen LogP) is 4.47. The van der Waals surface area contributed by atoms with Crippen LogP contribution in [-0.2, 0) is 16.9 Å². The van der Waals surface area contributed by atoms with Gasteiger partial charge in [-0.05, 0) is 49.7 Å². The zero-order chi connectivity index (χ0) is 21.8. The number of carbonyl (C=O) groups excluding carboxylic acids is 1. The number of rotatable bonds is 6. The van der Waals surface area contributed by atoms with Crippen LogP contribution in [0.2, 0.25) is 0 Å². The maximum atomic E-state index is 13.8. The largest absolute Gasteiger partial charge is 0.463 e. The van der Waals surface area contributed by atoms with Gasteiger partial charge in [-0.1, -0.05) is 48.5 Å². The van der Waals surface area contributed by atoms with Crippen molar-refractivity contribution in [3.05, 3.63) is 107 Å². The normalized spacial score (nSPS) is 11.3. The van der Waals surface area contributed by atoms with Gasteiger partial charge in [0.1, 0.15) is 11.2 Å². The molecule has 0 unspecified atom stereocenters. The molecule has 0 saturated heterocycles. The molecule has 4 rings (SSSR count). The SMILES string of the molecule is CC(C)(C(=O)N(Cc1ccccc1)c1ccccc1)n1nc(-c2ccco2)ccc1=O. The van der Waals surface area contributed by atoms with E-state index in [1.54, 1.807) is 43.2 Å². The Bertz CT molecular complexity index is 1210. The molecule has 2 aromatic carbocycles. The average Bonchev–Trinajstić information content (AvgIpc) is 3.33. The standard InChI is InChI=1S/C25H23N3O3/c1-25(2,28-23(29)16-15-21(26-28)22-14-9-17-31-22)24(30)27(20-12-7-4-8-13-20)18-19-10-5-3-6-11-19/h3-17H,18H2,1-2H3. The summed E-state index contributed by atoms with van der Waals surface area (Å²) in [4.78, 5) is 28.2. The summed E-state index contributed by atoms with van der Waals surface area (Å²) in [6, 6.07) is 25.7. The van der Waals surface area contributed by atoms with Gasteiger partial charge in [-0.3, -0.25) is 9.59 Å². The van der Waals surface area contributed by atoms with Gasteiger partial charge in [-0.2, -0.15) is 5.10 Å². The summed E-state index contributed by atoms with van der Waals surface area (Å²) in [7, 11) is 0. The molecule has 4 aromatic rings. The van der Waals surface area contributed by atoms with E-state index < -0.39 is 5.54 Å². The van der Waals surface area contributed by atoms with Crippen LogP contribution in [-0.4, -0.2) is 15.7 Å². The second-order valence-corrected chi connectivity index (χ2v) is 7.72. The number of hydrogen-bond donors (Lipinski definition) is 0. The first-order valence-corrected chi connectivity index (χ1v) is 10.0. The molecule has 6 heteroatoms. The maximum absolute atomic E-state index is 13.8. The van der Waals surface area contributed by atoms with Gasteiger partial charge in [-0.25, -0.2) is 4.68 Å². The number of carbonyl (C=O) groups is 1. The fourth-order valence-electron chi connectivity index (χ4n) is 3.44. The third kappa shape index (κ3) is 4.19. The van der Waals surface area contributed by atoms with Crippen LogP contribution in [0.5, 0.6) is 0 Å². The summed E-state index contributed by atoms with van der Waals surface area (Å²) in [5.74, 6) is 0.287. The molecule has 0 aliphatic heterocycles. The van der Waals surface area contributed by atoms with Crippen LogP contribution in [0.1, 0.15) is 19.4 Å². The highest BCUT2D eigenvalue weighted by Gasteiger charge is 2.37. The minimum Gasteiger partial charge on any atom is -0.463 e. The molecule has 0 aliphatic carbocycles. The topological polar surface area (TPSA) is 68.3 Å². The molecule has 0 spiro atoms. The summed E-state index contributed by atoms with van der Waals surface area (Å²) >= 11 is 0. The van der Waals surface area contributed by atoms with Crippen molar-refractivity contribution in [1.82, 2.24) is 9.78 Å². The fraction of sp³-hybridized carbons (Fsp3) is 0.160. The number of hydrogen-bond acceptors (Lipinski definition) is 4. The summed E-state index contributed by atoms with van der Waals surface area (Å²) in [6.45, 7) is 3.78. The van der Waals surface area contributed by atoms with Crippen LogP contribution in [0.15, 0.2) is 100 Å². The third-order valence-corrected chi connectivity index (χ3v) is 5.12. The molecule has 6 nitrogen and oxygen atoms in total. The first kappa shape index (κ1) is 20.3. The Morgan fingerprint density at radius 2 is 1.61 bits per heavy atom. The van der Waals surface area contributed by atoms with Gasteiger partial charge in [0.25, 0.3) is 11.5 Å². The van der Waals surface area contributed by atoms with Gasteiger partial charge >= 0.3 is 0 Å².